The average Bonchev–Trinajstić information content (AvgIpc) is 3.05. The van der Waals surface area contributed by atoms with Crippen molar-refractivity contribution in [2.75, 3.05) is 31.6 Å². The van der Waals surface area contributed by atoms with Crippen LogP contribution in [0.1, 0.15) is 24.0 Å². The molecule has 6 nitrogen and oxygen atoms in total. The number of piperidine rings is 1. The van der Waals surface area contributed by atoms with E-state index < -0.39 is 0 Å². The first kappa shape index (κ1) is 15.8. The van der Waals surface area contributed by atoms with Crippen LogP contribution in [0.3, 0.4) is 0 Å². The van der Waals surface area contributed by atoms with Gasteiger partial charge in [0.15, 0.2) is 5.65 Å². The molecule has 26 heavy (non-hydrogen) atoms. The normalized spacial score (nSPS) is 19.8. The molecule has 5 rings (SSSR count). The van der Waals surface area contributed by atoms with Crippen LogP contribution in [-0.4, -0.2) is 51.3 Å². The molecule has 4 heterocycles. The van der Waals surface area contributed by atoms with Crippen molar-refractivity contribution in [3.63, 3.8) is 0 Å². The summed E-state index contributed by atoms with van der Waals surface area (Å²) in [7, 11) is 4.16. The molecule has 2 aromatic heterocycles. The Morgan fingerprint density at radius 1 is 1.04 bits per heavy atom. The van der Waals surface area contributed by atoms with Crippen molar-refractivity contribution in [2.45, 2.75) is 24.8 Å². The number of likely N-dealkylation sites (tertiary alicyclic amines) is 1. The zero-order valence-corrected chi connectivity index (χ0v) is 15.4. The van der Waals surface area contributed by atoms with Gasteiger partial charge in [-0.25, -0.2) is 9.97 Å². The van der Waals surface area contributed by atoms with E-state index in [1.807, 2.05) is 17.9 Å². The second kappa shape index (κ2) is 5.77. The summed E-state index contributed by atoms with van der Waals surface area (Å²) >= 11 is 0. The van der Waals surface area contributed by atoms with Gasteiger partial charge in [-0.3, -0.25) is 4.68 Å². The van der Waals surface area contributed by atoms with Gasteiger partial charge in [0.2, 0.25) is 0 Å². The SMILES string of the molecule is CN1CCC2(CC1)CN(c1ncnc3c1cnn3C)Cc1ccccc12. The molecular weight excluding hydrogens is 324 g/mol. The maximum Gasteiger partial charge on any atom is 0.163 e. The first-order chi connectivity index (χ1) is 12.7. The average molecular weight is 348 g/mol. The van der Waals surface area contributed by atoms with Crippen LogP contribution in [0.4, 0.5) is 5.82 Å². The van der Waals surface area contributed by atoms with Crippen molar-refractivity contribution >= 4 is 16.9 Å². The van der Waals surface area contributed by atoms with Gasteiger partial charge in [0.25, 0.3) is 0 Å². The van der Waals surface area contributed by atoms with E-state index in [0.29, 0.717) is 0 Å². The lowest BCUT2D eigenvalue weighted by Gasteiger charge is -2.48. The standard InChI is InChI=1S/C20H24N6/c1-24-9-7-20(8-10-24)13-26(12-15-5-3-4-6-17(15)20)19-16-11-23-25(2)18(16)21-14-22-19/h3-6,11,14H,7-10,12-13H2,1-2H3. The molecule has 0 amide bonds. The minimum atomic E-state index is 0.209. The number of benzene rings is 1. The van der Waals surface area contributed by atoms with Gasteiger partial charge in [0.1, 0.15) is 12.1 Å². The summed E-state index contributed by atoms with van der Waals surface area (Å²) in [5, 5.41) is 5.43. The highest BCUT2D eigenvalue weighted by Gasteiger charge is 2.42. The Morgan fingerprint density at radius 2 is 1.85 bits per heavy atom. The van der Waals surface area contributed by atoms with Crippen LogP contribution < -0.4 is 4.90 Å². The van der Waals surface area contributed by atoms with Gasteiger partial charge in [-0.15, -0.1) is 0 Å². The second-order valence-electron chi connectivity index (χ2n) is 7.80. The van der Waals surface area contributed by atoms with Crippen molar-refractivity contribution in [1.29, 1.82) is 0 Å². The minimum Gasteiger partial charge on any atom is -0.351 e. The molecule has 1 fully saturated rings. The van der Waals surface area contributed by atoms with Crippen LogP contribution >= 0.6 is 0 Å². The minimum absolute atomic E-state index is 0.209. The van der Waals surface area contributed by atoms with Gasteiger partial charge >= 0.3 is 0 Å². The van der Waals surface area contributed by atoms with Crippen LogP contribution in [0.15, 0.2) is 36.8 Å². The molecule has 0 aliphatic carbocycles. The van der Waals surface area contributed by atoms with Crippen molar-refractivity contribution in [1.82, 2.24) is 24.6 Å². The molecule has 1 aromatic carbocycles. The van der Waals surface area contributed by atoms with Crippen LogP contribution in [0, 0.1) is 0 Å². The molecule has 0 saturated carbocycles. The number of aryl methyl sites for hydroxylation is 1. The van der Waals surface area contributed by atoms with E-state index >= 15 is 0 Å². The topological polar surface area (TPSA) is 50.1 Å². The molecule has 134 valence electrons. The first-order valence-corrected chi connectivity index (χ1v) is 9.31. The lowest BCUT2D eigenvalue weighted by atomic mass is 9.69. The van der Waals surface area contributed by atoms with Gasteiger partial charge < -0.3 is 9.80 Å². The fourth-order valence-electron chi connectivity index (χ4n) is 4.71. The Morgan fingerprint density at radius 3 is 2.69 bits per heavy atom. The van der Waals surface area contributed by atoms with E-state index in [1.54, 1.807) is 11.9 Å². The largest absolute Gasteiger partial charge is 0.351 e. The van der Waals surface area contributed by atoms with Crippen molar-refractivity contribution in [3.05, 3.63) is 47.9 Å². The summed E-state index contributed by atoms with van der Waals surface area (Å²) in [5.41, 5.74) is 4.08. The smallest absolute Gasteiger partial charge is 0.163 e. The predicted octanol–water partition coefficient (Wildman–Crippen LogP) is 2.35. The quantitative estimate of drug-likeness (QED) is 0.676. The van der Waals surface area contributed by atoms with Gasteiger partial charge in [-0.1, -0.05) is 24.3 Å². The monoisotopic (exact) mass is 348 g/mol. The lowest BCUT2D eigenvalue weighted by Crippen LogP contribution is -2.51. The highest BCUT2D eigenvalue weighted by atomic mass is 15.3. The predicted molar refractivity (Wildman–Crippen MR) is 102 cm³/mol. The second-order valence-corrected chi connectivity index (χ2v) is 7.80. The molecule has 6 heteroatoms. The third kappa shape index (κ3) is 2.32. The molecule has 2 aliphatic rings. The zero-order valence-electron chi connectivity index (χ0n) is 15.4. The molecule has 0 atom stereocenters. The Hall–Kier alpha value is -2.47. The summed E-state index contributed by atoms with van der Waals surface area (Å²) in [5.74, 6) is 1.01. The molecule has 1 spiro atoms. The lowest BCUT2D eigenvalue weighted by molar-refractivity contribution is 0.183. The highest BCUT2D eigenvalue weighted by Crippen LogP contribution is 2.43. The van der Waals surface area contributed by atoms with Gasteiger partial charge in [-0.2, -0.15) is 5.10 Å². The number of fused-ring (bicyclic) bond motifs is 3. The Bertz CT molecular complexity index is 954. The van der Waals surface area contributed by atoms with E-state index in [9.17, 15) is 0 Å². The number of nitrogens with zero attached hydrogens (tertiary/aromatic N) is 6. The third-order valence-electron chi connectivity index (χ3n) is 6.20. The highest BCUT2D eigenvalue weighted by molar-refractivity contribution is 5.86. The number of hydrogen-bond acceptors (Lipinski definition) is 5. The molecule has 3 aromatic rings. The molecule has 0 unspecified atom stereocenters. The summed E-state index contributed by atoms with van der Waals surface area (Å²) in [6, 6.07) is 8.98. The molecule has 0 radical (unpaired) electrons. The number of anilines is 1. The van der Waals surface area contributed by atoms with Crippen LogP contribution in [0.25, 0.3) is 11.0 Å². The summed E-state index contributed by atoms with van der Waals surface area (Å²) in [6.07, 6.45) is 5.95. The molecule has 1 saturated heterocycles. The Kier molecular flexibility index (Phi) is 3.50. The molecule has 0 bridgehead atoms. The van der Waals surface area contributed by atoms with Crippen LogP contribution in [0.2, 0.25) is 0 Å². The Labute approximate surface area is 153 Å². The van der Waals surface area contributed by atoms with E-state index in [4.69, 9.17) is 0 Å². The van der Waals surface area contributed by atoms with Crippen molar-refractivity contribution in [2.24, 2.45) is 7.05 Å². The molecule has 2 aliphatic heterocycles. The maximum atomic E-state index is 4.66. The molecular formula is C20H24N6. The van der Waals surface area contributed by atoms with Gasteiger partial charge in [0, 0.05) is 25.6 Å². The summed E-state index contributed by atoms with van der Waals surface area (Å²) < 4.78 is 1.82. The van der Waals surface area contributed by atoms with Crippen molar-refractivity contribution in [3.8, 4) is 0 Å². The number of rotatable bonds is 1. The fraction of sp³-hybridized carbons (Fsp3) is 0.450. The van der Waals surface area contributed by atoms with Crippen LogP contribution in [-0.2, 0) is 19.0 Å². The van der Waals surface area contributed by atoms with Crippen molar-refractivity contribution < 1.29 is 0 Å². The van der Waals surface area contributed by atoms with Gasteiger partial charge in [-0.05, 0) is 44.1 Å². The van der Waals surface area contributed by atoms with E-state index in [1.165, 1.54) is 18.4 Å². The first-order valence-electron chi connectivity index (χ1n) is 9.31. The third-order valence-corrected chi connectivity index (χ3v) is 6.20. The van der Waals surface area contributed by atoms with Crippen LogP contribution in [0.5, 0.6) is 0 Å². The maximum absolute atomic E-state index is 4.66. The summed E-state index contributed by atoms with van der Waals surface area (Å²) in [4.78, 5) is 14.0. The van der Waals surface area contributed by atoms with Gasteiger partial charge in [0.05, 0.1) is 11.6 Å². The number of hydrogen-bond donors (Lipinski definition) is 0. The molecule has 0 N–H and O–H groups in total. The Balaban J connectivity index is 1.61. The van der Waals surface area contributed by atoms with E-state index in [2.05, 4.69) is 56.2 Å². The van der Waals surface area contributed by atoms with E-state index in [0.717, 1.165) is 43.0 Å². The number of aromatic nitrogens is 4. The fourth-order valence-corrected chi connectivity index (χ4v) is 4.71. The summed E-state index contributed by atoms with van der Waals surface area (Å²) in [6.45, 7) is 4.20. The van der Waals surface area contributed by atoms with E-state index in [-0.39, 0.29) is 5.41 Å². The zero-order chi connectivity index (χ0) is 17.7.